The Morgan fingerprint density at radius 1 is 1.10 bits per heavy atom. The molecule has 2 aromatic heterocycles. The Hall–Kier alpha value is -2.65. The zero-order chi connectivity index (χ0) is 21.6. The lowest BCUT2D eigenvalue weighted by molar-refractivity contribution is 0.269. The zero-order valence-corrected chi connectivity index (χ0v) is 18.0. The zero-order valence-electron chi connectivity index (χ0n) is 17.2. The smallest absolute Gasteiger partial charge is 0.332 e. The third-order valence-corrected chi connectivity index (χ3v) is 6.16. The molecule has 0 saturated carbocycles. The van der Waals surface area contributed by atoms with E-state index < -0.39 is 17.1 Å². The molecular formula is C20H24ClFN6O2. The molecule has 160 valence electrons. The summed E-state index contributed by atoms with van der Waals surface area (Å²) in [6.45, 7) is 6.27. The topological polar surface area (TPSA) is 68.3 Å². The lowest BCUT2D eigenvalue weighted by Crippen LogP contribution is -2.47. The van der Waals surface area contributed by atoms with Crippen LogP contribution in [0, 0.1) is 5.82 Å². The highest BCUT2D eigenvalue weighted by molar-refractivity contribution is 6.31. The largest absolute Gasteiger partial charge is 0.340 e. The van der Waals surface area contributed by atoms with Crippen molar-refractivity contribution in [2.75, 3.05) is 37.6 Å². The molecule has 1 saturated heterocycles. The maximum Gasteiger partial charge on any atom is 0.332 e. The van der Waals surface area contributed by atoms with Crippen LogP contribution in [-0.4, -0.2) is 56.3 Å². The number of likely N-dealkylation sites (N-methyl/N-ethyl adjacent to an activating group) is 1. The van der Waals surface area contributed by atoms with Crippen molar-refractivity contribution >= 4 is 28.7 Å². The summed E-state index contributed by atoms with van der Waals surface area (Å²) in [6.07, 6.45) is 0. The molecule has 0 N–H and O–H groups in total. The first-order valence-electron chi connectivity index (χ1n) is 9.90. The molecule has 1 aliphatic rings. The third kappa shape index (κ3) is 3.31. The van der Waals surface area contributed by atoms with Crippen LogP contribution in [0.15, 0.2) is 27.8 Å². The number of aromatic nitrogens is 4. The molecule has 10 heteroatoms. The first-order chi connectivity index (χ1) is 14.3. The number of nitrogens with zero attached hydrogens (tertiary/aromatic N) is 6. The molecule has 4 rings (SSSR count). The van der Waals surface area contributed by atoms with Gasteiger partial charge in [-0.3, -0.25) is 18.5 Å². The third-order valence-electron chi connectivity index (χ3n) is 5.81. The molecule has 1 aliphatic heterocycles. The number of rotatable bonds is 4. The van der Waals surface area contributed by atoms with E-state index in [1.165, 1.54) is 17.7 Å². The number of piperazine rings is 1. The second-order valence-corrected chi connectivity index (χ2v) is 7.90. The fourth-order valence-corrected chi connectivity index (χ4v) is 4.15. The van der Waals surface area contributed by atoms with Crippen LogP contribution in [0.2, 0.25) is 5.02 Å². The Morgan fingerprint density at radius 2 is 1.80 bits per heavy atom. The normalized spacial score (nSPS) is 15.3. The van der Waals surface area contributed by atoms with Crippen molar-refractivity contribution in [3.05, 3.63) is 55.4 Å². The summed E-state index contributed by atoms with van der Waals surface area (Å²) in [7, 11) is 3.01. The van der Waals surface area contributed by atoms with Gasteiger partial charge in [-0.2, -0.15) is 4.98 Å². The van der Waals surface area contributed by atoms with Gasteiger partial charge in [0.05, 0.1) is 6.54 Å². The van der Waals surface area contributed by atoms with Crippen molar-refractivity contribution in [2.24, 2.45) is 14.1 Å². The molecule has 1 fully saturated rings. The van der Waals surface area contributed by atoms with Crippen LogP contribution in [0.25, 0.3) is 11.2 Å². The number of aryl methyl sites for hydroxylation is 1. The van der Waals surface area contributed by atoms with E-state index in [0.29, 0.717) is 5.95 Å². The van der Waals surface area contributed by atoms with Gasteiger partial charge in [-0.1, -0.05) is 24.6 Å². The summed E-state index contributed by atoms with van der Waals surface area (Å²) in [5, 5.41) is 0.278. The fourth-order valence-electron chi connectivity index (χ4n) is 3.93. The molecular weight excluding hydrogens is 411 g/mol. The number of benzene rings is 1. The van der Waals surface area contributed by atoms with Crippen LogP contribution in [0.5, 0.6) is 0 Å². The van der Waals surface area contributed by atoms with Crippen LogP contribution in [0.3, 0.4) is 0 Å². The predicted octanol–water partition coefficient (Wildman–Crippen LogP) is 1.42. The monoisotopic (exact) mass is 434 g/mol. The minimum Gasteiger partial charge on any atom is -0.340 e. The maximum absolute atomic E-state index is 14.6. The van der Waals surface area contributed by atoms with Gasteiger partial charge in [0.2, 0.25) is 5.95 Å². The summed E-state index contributed by atoms with van der Waals surface area (Å²) < 4.78 is 18.6. The number of hydrogen-bond acceptors (Lipinski definition) is 5. The van der Waals surface area contributed by atoms with E-state index in [-0.39, 0.29) is 28.3 Å². The first kappa shape index (κ1) is 20.6. The molecule has 3 heterocycles. The average Bonchev–Trinajstić information content (AvgIpc) is 3.13. The molecule has 3 aromatic rings. The molecule has 0 radical (unpaired) electrons. The molecule has 1 aromatic carbocycles. The van der Waals surface area contributed by atoms with Crippen molar-refractivity contribution in [1.82, 2.24) is 23.6 Å². The maximum atomic E-state index is 14.6. The molecule has 0 bridgehead atoms. The highest BCUT2D eigenvalue weighted by Crippen LogP contribution is 2.26. The van der Waals surface area contributed by atoms with Crippen molar-refractivity contribution in [1.29, 1.82) is 0 Å². The van der Waals surface area contributed by atoms with Crippen LogP contribution < -0.4 is 16.1 Å². The Labute approximate surface area is 177 Å². The summed E-state index contributed by atoms with van der Waals surface area (Å²) >= 11 is 6.27. The van der Waals surface area contributed by atoms with E-state index in [2.05, 4.69) is 21.7 Å². The predicted molar refractivity (Wildman–Crippen MR) is 115 cm³/mol. The quantitative estimate of drug-likeness (QED) is 0.621. The second-order valence-electron chi connectivity index (χ2n) is 7.50. The second kappa shape index (κ2) is 7.88. The first-order valence-corrected chi connectivity index (χ1v) is 10.3. The van der Waals surface area contributed by atoms with E-state index in [1.54, 1.807) is 23.7 Å². The number of anilines is 1. The Morgan fingerprint density at radius 3 is 2.43 bits per heavy atom. The van der Waals surface area contributed by atoms with Gasteiger partial charge in [-0.05, 0) is 18.7 Å². The number of fused-ring (bicyclic) bond motifs is 1. The molecule has 8 nitrogen and oxygen atoms in total. The van der Waals surface area contributed by atoms with E-state index in [9.17, 15) is 14.0 Å². The molecule has 0 spiro atoms. The Kier molecular flexibility index (Phi) is 5.42. The summed E-state index contributed by atoms with van der Waals surface area (Å²) in [5.41, 5.74) is -0.104. The lowest BCUT2D eigenvalue weighted by Gasteiger charge is -2.34. The van der Waals surface area contributed by atoms with Gasteiger partial charge < -0.3 is 9.80 Å². The highest BCUT2D eigenvalue weighted by Gasteiger charge is 2.26. The molecule has 0 aliphatic carbocycles. The van der Waals surface area contributed by atoms with Crippen molar-refractivity contribution < 1.29 is 4.39 Å². The number of imidazole rings is 1. The van der Waals surface area contributed by atoms with Crippen molar-refractivity contribution in [2.45, 2.75) is 13.5 Å². The summed E-state index contributed by atoms with van der Waals surface area (Å²) in [5.74, 6) is 0.0890. The van der Waals surface area contributed by atoms with E-state index in [4.69, 9.17) is 11.6 Å². The van der Waals surface area contributed by atoms with Crippen LogP contribution >= 0.6 is 11.6 Å². The van der Waals surface area contributed by atoms with Crippen LogP contribution in [-0.2, 0) is 20.6 Å². The molecule has 0 atom stereocenters. The van der Waals surface area contributed by atoms with Gasteiger partial charge in [0, 0.05) is 50.9 Å². The Balaban J connectivity index is 1.93. The SMILES string of the molecule is CCN1CCN(c2nc3c(c(=O)n(C)c(=O)n3C)n2Cc2c(F)cccc2Cl)CC1. The summed E-state index contributed by atoms with van der Waals surface area (Å²) in [6, 6.07) is 4.50. The van der Waals surface area contributed by atoms with Crippen LogP contribution in [0.1, 0.15) is 12.5 Å². The van der Waals surface area contributed by atoms with Gasteiger partial charge in [-0.25, -0.2) is 9.18 Å². The van der Waals surface area contributed by atoms with Gasteiger partial charge in [0.25, 0.3) is 5.56 Å². The lowest BCUT2D eigenvalue weighted by atomic mass is 10.2. The number of halogens is 2. The van der Waals surface area contributed by atoms with Gasteiger partial charge in [0.1, 0.15) is 5.82 Å². The fraction of sp³-hybridized carbons (Fsp3) is 0.450. The van der Waals surface area contributed by atoms with E-state index in [0.717, 1.165) is 37.3 Å². The minimum absolute atomic E-state index is 0.0405. The molecule has 30 heavy (non-hydrogen) atoms. The molecule has 0 amide bonds. The minimum atomic E-state index is -0.466. The van der Waals surface area contributed by atoms with Crippen molar-refractivity contribution in [3.63, 3.8) is 0 Å². The Bertz CT molecular complexity index is 1200. The number of hydrogen-bond donors (Lipinski definition) is 0. The van der Waals surface area contributed by atoms with Crippen LogP contribution in [0.4, 0.5) is 10.3 Å². The van der Waals surface area contributed by atoms with Crippen molar-refractivity contribution in [3.8, 4) is 0 Å². The highest BCUT2D eigenvalue weighted by atomic mass is 35.5. The summed E-state index contributed by atoms with van der Waals surface area (Å²) in [4.78, 5) is 34.5. The molecule has 0 unspecified atom stereocenters. The van der Waals surface area contributed by atoms with E-state index in [1.807, 2.05) is 0 Å². The average molecular weight is 435 g/mol. The van der Waals surface area contributed by atoms with Gasteiger partial charge in [0.15, 0.2) is 11.2 Å². The van der Waals surface area contributed by atoms with Gasteiger partial charge in [-0.15, -0.1) is 0 Å². The van der Waals surface area contributed by atoms with Gasteiger partial charge >= 0.3 is 5.69 Å². The standard InChI is InChI=1S/C20H24ClFN6O2/c1-4-26-8-10-27(11-9-26)19-23-17-16(18(29)25(3)20(30)24(17)2)28(19)12-13-14(21)6-5-7-15(13)22/h5-7H,4,8-12H2,1-3H3. The van der Waals surface area contributed by atoms with E-state index >= 15 is 0 Å².